The van der Waals surface area contributed by atoms with Crippen LogP contribution in [0.15, 0.2) is 45.5 Å². The van der Waals surface area contributed by atoms with Gasteiger partial charge >= 0.3 is 0 Å². The van der Waals surface area contributed by atoms with Crippen molar-refractivity contribution >= 4 is 21.6 Å². The molecule has 0 saturated heterocycles. The Morgan fingerprint density at radius 1 is 1.33 bits per heavy atom. The van der Waals surface area contributed by atoms with Gasteiger partial charge in [-0.05, 0) is 37.3 Å². The molecule has 0 amide bonds. The molecule has 1 heterocycles. The molecule has 15 heavy (non-hydrogen) atoms. The number of benzene rings is 1. The molecular formula is C12H12BrNO. The molecule has 2 aromatic rings. The zero-order chi connectivity index (χ0) is 10.7. The van der Waals surface area contributed by atoms with Gasteiger partial charge in [0, 0.05) is 22.3 Å². The fourth-order valence-corrected chi connectivity index (χ4v) is 1.86. The molecule has 0 saturated carbocycles. The van der Waals surface area contributed by atoms with E-state index in [9.17, 15) is 0 Å². The van der Waals surface area contributed by atoms with Gasteiger partial charge in [0.1, 0.15) is 5.76 Å². The van der Waals surface area contributed by atoms with Gasteiger partial charge in [0.25, 0.3) is 0 Å². The minimum atomic E-state index is 0.882. The Balaban J connectivity index is 2.47. The van der Waals surface area contributed by atoms with E-state index in [1.165, 1.54) is 0 Å². The van der Waals surface area contributed by atoms with Crippen molar-refractivity contribution in [1.29, 1.82) is 0 Å². The summed E-state index contributed by atoms with van der Waals surface area (Å²) in [6.45, 7) is 2.98. The summed E-state index contributed by atoms with van der Waals surface area (Å²) in [6, 6.07) is 9.97. The maximum atomic E-state index is 5.40. The van der Waals surface area contributed by atoms with Crippen molar-refractivity contribution in [2.75, 3.05) is 11.9 Å². The van der Waals surface area contributed by atoms with Crippen LogP contribution in [-0.2, 0) is 0 Å². The van der Waals surface area contributed by atoms with Gasteiger partial charge in [-0.1, -0.05) is 15.9 Å². The first-order valence-electron chi connectivity index (χ1n) is 4.88. The summed E-state index contributed by atoms with van der Waals surface area (Å²) in [4.78, 5) is 0. The average Bonchev–Trinajstić information content (AvgIpc) is 2.74. The Bertz CT molecular complexity index is 437. The molecule has 0 aliphatic rings. The molecule has 0 aliphatic heterocycles. The van der Waals surface area contributed by atoms with Crippen molar-refractivity contribution in [3.05, 3.63) is 41.1 Å². The van der Waals surface area contributed by atoms with Gasteiger partial charge in [0.2, 0.25) is 0 Å². The van der Waals surface area contributed by atoms with Crippen LogP contribution in [0.25, 0.3) is 11.3 Å². The topological polar surface area (TPSA) is 25.2 Å². The fraction of sp³-hybridized carbons (Fsp3) is 0.167. The maximum absolute atomic E-state index is 5.40. The second kappa shape index (κ2) is 4.53. The molecule has 0 unspecified atom stereocenters. The normalized spacial score (nSPS) is 10.3. The molecule has 1 aromatic heterocycles. The molecule has 1 N–H and O–H groups in total. The van der Waals surface area contributed by atoms with Crippen LogP contribution in [0.2, 0.25) is 0 Å². The lowest BCUT2D eigenvalue weighted by atomic mass is 10.1. The van der Waals surface area contributed by atoms with Crippen LogP contribution < -0.4 is 5.32 Å². The van der Waals surface area contributed by atoms with Crippen LogP contribution in [0.5, 0.6) is 0 Å². The zero-order valence-electron chi connectivity index (χ0n) is 8.46. The van der Waals surface area contributed by atoms with Crippen LogP contribution >= 0.6 is 15.9 Å². The van der Waals surface area contributed by atoms with Crippen LogP contribution in [0.1, 0.15) is 6.92 Å². The molecule has 0 spiro atoms. The molecule has 0 atom stereocenters. The Kier molecular flexibility index (Phi) is 3.11. The Hall–Kier alpha value is -1.22. The van der Waals surface area contributed by atoms with Crippen molar-refractivity contribution < 1.29 is 4.42 Å². The second-order valence-corrected chi connectivity index (χ2v) is 4.11. The van der Waals surface area contributed by atoms with E-state index in [0.29, 0.717) is 0 Å². The van der Waals surface area contributed by atoms with E-state index in [4.69, 9.17) is 4.42 Å². The van der Waals surface area contributed by atoms with Crippen molar-refractivity contribution in [1.82, 2.24) is 0 Å². The molecule has 2 nitrogen and oxygen atoms in total. The molecular weight excluding hydrogens is 254 g/mol. The van der Waals surface area contributed by atoms with Crippen molar-refractivity contribution in [2.24, 2.45) is 0 Å². The minimum Gasteiger partial charge on any atom is -0.464 e. The SMILES string of the molecule is CCNc1ccc(Br)cc1-c1ccco1. The lowest BCUT2D eigenvalue weighted by Crippen LogP contribution is -1.98. The smallest absolute Gasteiger partial charge is 0.135 e. The minimum absolute atomic E-state index is 0.882. The van der Waals surface area contributed by atoms with E-state index >= 15 is 0 Å². The number of nitrogens with one attached hydrogen (secondary N) is 1. The van der Waals surface area contributed by atoms with Crippen LogP contribution in [0.4, 0.5) is 5.69 Å². The molecule has 0 radical (unpaired) electrons. The highest BCUT2D eigenvalue weighted by atomic mass is 79.9. The fourth-order valence-electron chi connectivity index (χ4n) is 1.50. The predicted octanol–water partition coefficient (Wildman–Crippen LogP) is 4.14. The second-order valence-electron chi connectivity index (χ2n) is 3.20. The van der Waals surface area contributed by atoms with Gasteiger partial charge in [0.05, 0.1) is 6.26 Å². The van der Waals surface area contributed by atoms with Crippen molar-refractivity contribution in [3.8, 4) is 11.3 Å². The van der Waals surface area contributed by atoms with E-state index in [0.717, 1.165) is 28.0 Å². The van der Waals surface area contributed by atoms with Crippen LogP contribution in [0, 0.1) is 0 Å². The van der Waals surface area contributed by atoms with Crippen LogP contribution in [-0.4, -0.2) is 6.54 Å². The van der Waals surface area contributed by atoms with Gasteiger partial charge < -0.3 is 9.73 Å². The summed E-state index contributed by atoms with van der Waals surface area (Å²) in [5.74, 6) is 0.882. The lowest BCUT2D eigenvalue weighted by molar-refractivity contribution is 0.582. The van der Waals surface area contributed by atoms with Gasteiger partial charge in [-0.3, -0.25) is 0 Å². The summed E-state index contributed by atoms with van der Waals surface area (Å²) >= 11 is 3.46. The highest BCUT2D eigenvalue weighted by molar-refractivity contribution is 9.10. The van der Waals surface area contributed by atoms with Gasteiger partial charge in [-0.15, -0.1) is 0 Å². The molecule has 2 rings (SSSR count). The third kappa shape index (κ3) is 2.23. The monoisotopic (exact) mass is 265 g/mol. The summed E-state index contributed by atoms with van der Waals surface area (Å²) in [6.07, 6.45) is 1.69. The Morgan fingerprint density at radius 3 is 2.87 bits per heavy atom. The number of rotatable bonds is 3. The van der Waals surface area contributed by atoms with Gasteiger partial charge in [-0.2, -0.15) is 0 Å². The Morgan fingerprint density at radius 2 is 2.20 bits per heavy atom. The van der Waals surface area contributed by atoms with E-state index in [1.807, 2.05) is 24.3 Å². The van der Waals surface area contributed by atoms with Gasteiger partial charge in [0.15, 0.2) is 0 Å². The molecule has 3 heteroatoms. The number of hydrogen-bond donors (Lipinski definition) is 1. The summed E-state index contributed by atoms with van der Waals surface area (Å²) < 4.78 is 6.45. The first kappa shape index (κ1) is 10.3. The lowest BCUT2D eigenvalue weighted by Gasteiger charge is -2.09. The zero-order valence-corrected chi connectivity index (χ0v) is 10.0. The first-order valence-corrected chi connectivity index (χ1v) is 5.68. The molecule has 78 valence electrons. The summed E-state index contributed by atoms with van der Waals surface area (Å²) in [5, 5.41) is 3.31. The number of halogens is 1. The van der Waals surface area contributed by atoms with E-state index in [1.54, 1.807) is 6.26 Å². The standard InChI is InChI=1S/C12H12BrNO/c1-2-14-11-6-5-9(13)8-10(11)12-4-3-7-15-12/h3-8,14H,2H2,1H3. The van der Waals surface area contributed by atoms with E-state index in [-0.39, 0.29) is 0 Å². The van der Waals surface area contributed by atoms with E-state index in [2.05, 4.69) is 34.2 Å². The van der Waals surface area contributed by atoms with Crippen molar-refractivity contribution in [3.63, 3.8) is 0 Å². The predicted molar refractivity (Wildman–Crippen MR) is 66.0 cm³/mol. The Labute approximate surface area is 97.4 Å². The van der Waals surface area contributed by atoms with Crippen molar-refractivity contribution in [2.45, 2.75) is 6.92 Å². The molecule has 0 aliphatic carbocycles. The maximum Gasteiger partial charge on any atom is 0.135 e. The van der Waals surface area contributed by atoms with Gasteiger partial charge in [-0.25, -0.2) is 0 Å². The number of furan rings is 1. The average molecular weight is 266 g/mol. The van der Waals surface area contributed by atoms with Crippen LogP contribution in [0.3, 0.4) is 0 Å². The van der Waals surface area contributed by atoms with E-state index < -0.39 is 0 Å². The summed E-state index contributed by atoms with van der Waals surface area (Å²) in [5.41, 5.74) is 2.17. The third-order valence-electron chi connectivity index (χ3n) is 2.14. The first-order chi connectivity index (χ1) is 7.31. The summed E-state index contributed by atoms with van der Waals surface area (Å²) in [7, 11) is 0. The highest BCUT2D eigenvalue weighted by Gasteiger charge is 2.07. The third-order valence-corrected chi connectivity index (χ3v) is 2.63. The molecule has 1 aromatic carbocycles. The molecule has 0 bridgehead atoms. The largest absolute Gasteiger partial charge is 0.464 e. The quantitative estimate of drug-likeness (QED) is 0.903. The number of anilines is 1. The highest BCUT2D eigenvalue weighted by Crippen LogP contribution is 2.31. The molecule has 0 fully saturated rings. The number of hydrogen-bond acceptors (Lipinski definition) is 2.